The van der Waals surface area contributed by atoms with Crippen molar-refractivity contribution in [1.82, 2.24) is 8.96 Å². The minimum Gasteiger partial charge on any atom is -0.496 e. The molecule has 3 heterocycles. The standard InChI is InChI=1S/C25H20N2O2S2/c1-17-7-9-20(10-8-17)31(28)27-15-23(21-5-3-4-6-24(21)29-2)22-13-19(14-26-25(22)27)18-11-12-30-16-18/h3-16H,1-2H3. The molecule has 2 aromatic carbocycles. The number of hydrogen-bond donors (Lipinski definition) is 0. The van der Waals surface area contributed by atoms with Gasteiger partial charge in [0.25, 0.3) is 0 Å². The highest BCUT2D eigenvalue weighted by Crippen LogP contribution is 2.38. The lowest BCUT2D eigenvalue weighted by Gasteiger charge is -2.07. The Kier molecular flexibility index (Phi) is 5.18. The molecule has 0 saturated carbocycles. The maximum absolute atomic E-state index is 13.5. The van der Waals surface area contributed by atoms with Crippen LogP contribution in [0, 0.1) is 6.92 Å². The van der Waals surface area contributed by atoms with Crippen molar-refractivity contribution in [2.75, 3.05) is 7.11 Å². The summed E-state index contributed by atoms with van der Waals surface area (Å²) in [5.74, 6) is 0.767. The molecule has 0 bridgehead atoms. The quantitative estimate of drug-likeness (QED) is 0.319. The fraction of sp³-hybridized carbons (Fsp3) is 0.0800. The Balaban J connectivity index is 1.75. The average molecular weight is 445 g/mol. The Morgan fingerprint density at radius 2 is 1.81 bits per heavy atom. The predicted molar refractivity (Wildman–Crippen MR) is 128 cm³/mol. The van der Waals surface area contributed by atoms with Crippen LogP contribution < -0.4 is 4.74 Å². The zero-order chi connectivity index (χ0) is 21.4. The molecule has 0 spiro atoms. The van der Waals surface area contributed by atoms with Crippen LogP contribution in [-0.2, 0) is 11.0 Å². The molecule has 0 aliphatic heterocycles. The third-order valence-electron chi connectivity index (χ3n) is 5.26. The smallest absolute Gasteiger partial charge is 0.158 e. The summed E-state index contributed by atoms with van der Waals surface area (Å²) < 4.78 is 20.9. The Labute approximate surface area is 187 Å². The van der Waals surface area contributed by atoms with Gasteiger partial charge in [-0.15, -0.1) is 0 Å². The maximum Gasteiger partial charge on any atom is 0.158 e. The predicted octanol–water partition coefficient (Wildman–Crippen LogP) is 6.32. The number of fused-ring (bicyclic) bond motifs is 1. The molecule has 0 radical (unpaired) electrons. The third-order valence-corrected chi connectivity index (χ3v) is 7.26. The van der Waals surface area contributed by atoms with Crippen molar-refractivity contribution >= 4 is 33.4 Å². The first-order valence-electron chi connectivity index (χ1n) is 9.81. The zero-order valence-corrected chi connectivity index (χ0v) is 18.7. The van der Waals surface area contributed by atoms with Gasteiger partial charge in [0, 0.05) is 34.5 Å². The lowest BCUT2D eigenvalue weighted by Crippen LogP contribution is -2.04. The molecule has 6 heteroatoms. The highest BCUT2D eigenvalue weighted by molar-refractivity contribution is 7.83. The molecule has 0 amide bonds. The van der Waals surface area contributed by atoms with Crippen LogP contribution in [0.4, 0.5) is 0 Å². The van der Waals surface area contributed by atoms with Gasteiger partial charge in [-0.25, -0.2) is 13.2 Å². The molecule has 154 valence electrons. The molecule has 5 rings (SSSR count). The van der Waals surface area contributed by atoms with Crippen molar-refractivity contribution in [3.8, 4) is 28.0 Å². The van der Waals surface area contributed by atoms with E-state index in [4.69, 9.17) is 9.72 Å². The summed E-state index contributed by atoms with van der Waals surface area (Å²) in [5.41, 5.74) is 5.85. The van der Waals surface area contributed by atoms with Crippen LogP contribution in [0.3, 0.4) is 0 Å². The highest BCUT2D eigenvalue weighted by Gasteiger charge is 2.19. The minimum absolute atomic E-state index is 0.679. The van der Waals surface area contributed by atoms with Crippen LogP contribution in [0.1, 0.15) is 5.56 Å². The summed E-state index contributed by atoms with van der Waals surface area (Å²) in [7, 11) is 0.245. The first-order valence-corrected chi connectivity index (χ1v) is 11.9. The van der Waals surface area contributed by atoms with Gasteiger partial charge in [-0.2, -0.15) is 11.3 Å². The summed E-state index contributed by atoms with van der Waals surface area (Å²) in [5, 5.41) is 5.10. The number of para-hydroxylation sites is 1. The van der Waals surface area contributed by atoms with Crippen molar-refractivity contribution in [1.29, 1.82) is 0 Å². The maximum atomic E-state index is 13.5. The van der Waals surface area contributed by atoms with E-state index in [1.54, 1.807) is 22.4 Å². The second-order valence-corrected chi connectivity index (χ2v) is 9.38. The van der Waals surface area contributed by atoms with Gasteiger partial charge in [0.05, 0.1) is 12.0 Å². The number of methoxy groups -OCH3 is 1. The molecule has 0 N–H and O–H groups in total. The van der Waals surface area contributed by atoms with E-state index in [2.05, 4.69) is 22.9 Å². The first kappa shape index (κ1) is 19.7. The number of benzene rings is 2. The van der Waals surface area contributed by atoms with Gasteiger partial charge >= 0.3 is 0 Å². The van der Waals surface area contributed by atoms with E-state index in [-0.39, 0.29) is 0 Å². The van der Waals surface area contributed by atoms with Crippen molar-refractivity contribution in [2.24, 2.45) is 0 Å². The lowest BCUT2D eigenvalue weighted by molar-refractivity contribution is 0.416. The van der Waals surface area contributed by atoms with Gasteiger partial charge in [-0.1, -0.05) is 35.9 Å². The van der Waals surface area contributed by atoms with Gasteiger partial charge < -0.3 is 4.74 Å². The molecule has 4 nitrogen and oxygen atoms in total. The summed E-state index contributed by atoms with van der Waals surface area (Å²) in [6.07, 6.45) is 3.77. The van der Waals surface area contributed by atoms with E-state index in [0.717, 1.165) is 43.8 Å². The summed E-state index contributed by atoms with van der Waals surface area (Å²) >= 11 is 1.65. The van der Waals surface area contributed by atoms with E-state index in [0.29, 0.717) is 5.65 Å². The van der Waals surface area contributed by atoms with Crippen LogP contribution in [0.15, 0.2) is 88.7 Å². The van der Waals surface area contributed by atoms with Gasteiger partial charge in [0.15, 0.2) is 16.6 Å². The van der Waals surface area contributed by atoms with Gasteiger partial charge in [-0.3, -0.25) is 0 Å². The van der Waals surface area contributed by atoms with Gasteiger partial charge in [0.1, 0.15) is 5.75 Å². The van der Waals surface area contributed by atoms with Crippen molar-refractivity contribution in [3.63, 3.8) is 0 Å². The number of aromatic nitrogens is 2. The average Bonchev–Trinajstić information content (AvgIpc) is 3.47. The largest absolute Gasteiger partial charge is 0.496 e. The van der Waals surface area contributed by atoms with Crippen molar-refractivity contribution in [2.45, 2.75) is 11.8 Å². The van der Waals surface area contributed by atoms with E-state index in [9.17, 15) is 4.21 Å². The molecule has 0 fully saturated rings. The molecule has 0 aliphatic rings. The highest BCUT2D eigenvalue weighted by atomic mass is 32.2. The van der Waals surface area contributed by atoms with Crippen LogP contribution in [0.2, 0.25) is 0 Å². The Bertz CT molecular complexity index is 1390. The Morgan fingerprint density at radius 3 is 2.55 bits per heavy atom. The molecule has 0 saturated heterocycles. The number of pyridine rings is 1. The number of aryl methyl sites for hydroxylation is 1. The lowest BCUT2D eigenvalue weighted by atomic mass is 10.0. The SMILES string of the molecule is COc1ccccc1-c1cn(S(=O)c2ccc(C)cc2)c2ncc(-c3ccsc3)cc12. The van der Waals surface area contributed by atoms with E-state index in [1.807, 2.05) is 67.8 Å². The molecule has 0 aliphatic carbocycles. The number of thiophene rings is 1. The second-order valence-electron chi connectivity index (χ2n) is 7.24. The molecule has 3 aromatic heterocycles. The molecule has 1 unspecified atom stereocenters. The van der Waals surface area contributed by atoms with E-state index < -0.39 is 11.0 Å². The topological polar surface area (TPSA) is 44.1 Å². The van der Waals surface area contributed by atoms with Crippen molar-refractivity contribution < 1.29 is 8.95 Å². The normalized spacial score (nSPS) is 12.2. The number of nitrogens with zero attached hydrogens (tertiary/aromatic N) is 2. The molecular weight excluding hydrogens is 424 g/mol. The number of rotatable bonds is 5. The Hall–Kier alpha value is -3.22. The molecule has 31 heavy (non-hydrogen) atoms. The van der Waals surface area contributed by atoms with Crippen LogP contribution in [0.25, 0.3) is 33.3 Å². The Morgan fingerprint density at radius 1 is 1.00 bits per heavy atom. The number of ether oxygens (including phenoxy) is 1. The molecule has 5 aromatic rings. The second kappa shape index (κ2) is 8.13. The van der Waals surface area contributed by atoms with Crippen LogP contribution in [0.5, 0.6) is 5.75 Å². The molecular formula is C25H20N2O2S2. The summed E-state index contributed by atoms with van der Waals surface area (Å²) in [6.45, 7) is 2.02. The van der Waals surface area contributed by atoms with Crippen molar-refractivity contribution in [3.05, 3.63) is 89.4 Å². The third kappa shape index (κ3) is 3.58. The van der Waals surface area contributed by atoms with Gasteiger partial charge in [-0.05, 0) is 53.6 Å². The number of hydrogen-bond acceptors (Lipinski definition) is 4. The first-order chi connectivity index (χ1) is 15.2. The fourth-order valence-corrected chi connectivity index (χ4v) is 5.41. The zero-order valence-electron chi connectivity index (χ0n) is 17.1. The van der Waals surface area contributed by atoms with Crippen LogP contribution in [-0.4, -0.2) is 20.3 Å². The van der Waals surface area contributed by atoms with E-state index >= 15 is 0 Å². The van der Waals surface area contributed by atoms with Crippen LogP contribution >= 0.6 is 11.3 Å². The van der Waals surface area contributed by atoms with Gasteiger partial charge in [0.2, 0.25) is 0 Å². The summed E-state index contributed by atoms with van der Waals surface area (Å²) in [6, 6.07) is 19.8. The minimum atomic E-state index is -1.42. The monoisotopic (exact) mass is 444 g/mol. The fourth-order valence-electron chi connectivity index (χ4n) is 3.64. The van der Waals surface area contributed by atoms with E-state index in [1.165, 1.54) is 0 Å². The summed E-state index contributed by atoms with van der Waals surface area (Å²) in [4.78, 5) is 5.47. The molecule has 1 atom stereocenters.